The zero-order valence-corrected chi connectivity index (χ0v) is 21.8. The first kappa shape index (κ1) is 24.7. The van der Waals surface area contributed by atoms with Gasteiger partial charge in [-0.1, -0.05) is 66.2 Å². The number of rotatable bonds is 4. The number of carbonyl (C=O) groups excluding carboxylic acids is 3. The molecule has 2 amide bonds. The Labute approximate surface area is 222 Å². The van der Waals surface area contributed by atoms with Crippen LogP contribution in [-0.2, 0) is 24.4 Å². The number of hydrogen-bond acceptors (Lipinski definition) is 5. The van der Waals surface area contributed by atoms with Gasteiger partial charge < -0.3 is 0 Å². The van der Waals surface area contributed by atoms with Gasteiger partial charge in [0.05, 0.1) is 28.5 Å². The van der Waals surface area contributed by atoms with E-state index in [2.05, 4.69) is 0 Å². The van der Waals surface area contributed by atoms with Crippen LogP contribution in [0.2, 0.25) is 0 Å². The van der Waals surface area contributed by atoms with Gasteiger partial charge in [-0.15, -0.1) is 0 Å². The van der Waals surface area contributed by atoms with Crippen molar-refractivity contribution in [2.24, 2.45) is 23.7 Å². The maximum atomic E-state index is 13.9. The number of aryl methyl sites for hydroxylation is 1. The minimum absolute atomic E-state index is 0.0186. The quantitative estimate of drug-likeness (QED) is 0.475. The van der Waals surface area contributed by atoms with Crippen molar-refractivity contribution in [2.45, 2.75) is 30.7 Å². The van der Waals surface area contributed by atoms with Gasteiger partial charge in [-0.2, -0.15) is 4.31 Å². The summed E-state index contributed by atoms with van der Waals surface area (Å²) < 4.78 is 29.3. The molecular weight excluding hydrogens is 500 g/mol. The van der Waals surface area contributed by atoms with E-state index >= 15 is 0 Å². The zero-order chi connectivity index (χ0) is 26.6. The number of imide groups is 1. The van der Waals surface area contributed by atoms with Gasteiger partial charge >= 0.3 is 0 Å². The summed E-state index contributed by atoms with van der Waals surface area (Å²) in [5.74, 6) is -3.23. The van der Waals surface area contributed by atoms with Crippen LogP contribution in [0.1, 0.15) is 30.0 Å². The monoisotopic (exact) mass is 528 g/mol. The Hall–Kier alpha value is -3.62. The Bertz CT molecular complexity index is 1510. The predicted octanol–water partition coefficient (Wildman–Crippen LogP) is 4.14. The lowest BCUT2D eigenvalue weighted by atomic mass is 9.63. The normalized spacial score (nSPS) is 27.8. The van der Waals surface area contributed by atoms with Gasteiger partial charge in [0.1, 0.15) is 5.78 Å². The van der Waals surface area contributed by atoms with Crippen LogP contribution in [0, 0.1) is 30.6 Å². The summed E-state index contributed by atoms with van der Waals surface area (Å²) in [5.41, 5.74) is 2.25. The van der Waals surface area contributed by atoms with Crippen molar-refractivity contribution >= 4 is 33.3 Å². The molecule has 0 N–H and O–H groups in total. The highest BCUT2D eigenvalue weighted by Gasteiger charge is 2.60. The third-order valence-corrected chi connectivity index (χ3v) is 10.2. The molecule has 5 atom stereocenters. The van der Waals surface area contributed by atoms with E-state index in [0.717, 1.165) is 11.1 Å². The standard InChI is InChI=1S/C30H28N2O5S/c1-19-12-14-22(15-13-19)38(36,37)31-18-25-23(16-26(31)20-8-4-2-5-9-20)28-24(17-27(25)33)29(34)32(30(28)35)21-10-6-3-7-11-21/h2-15,23-26,28H,16-18H2,1H3/t23-,24+,25-,26-,28-/m1/s1. The van der Waals surface area contributed by atoms with Crippen molar-refractivity contribution in [3.8, 4) is 0 Å². The molecule has 6 rings (SSSR count). The molecule has 0 aromatic heterocycles. The second-order valence-electron chi connectivity index (χ2n) is 10.5. The average molecular weight is 529 g/mol. The molecule has 194 valence electrons. The molecule has 2 saturated heterocycles. The Morgan fingerprint density at radius 2 is 1.39 bits per heavy atom. The van der Waals surface area contributed by atoms with Crippen LogP contribution in [-0.4, -0.2) is 36.9 Å². The maximum absolute atomic E-state index is 13.9. The summed E-state index contributed by atoms with van der Waals surface area (Å²) in [7, 11) is -3.93. The minimum Gasteiger partial charge on any atom is -0.299 e. The zero-order valence-electron chi connectivity index (χ0n) is 20.9. The molecule has 7 nitrogen and oxygen atoms in total. The number of anilines is 1. The first-order valence-corrected chi connectivity index (χ1v) is 14.3. The molecular formula is C30H28N2O5S. The van der Waals surface area contributed by atoms with Crippen LogP contribution in [0.3, 0.4) is 0 Å². The highest BCUT2D eigenvalue weighted by molar-refractivity contribution is 7.89. The van der Waals surface area contributed by atoms with Gasteiger partial charge in [0.15, 0.2) is 0 Å². The molecule has 1 saturated carbocycles. The average Bonchev–Trinajstić information content (AvgIpc) is 3.18. The van der Waals surface area contributed by atoms with Crippen LogP contribution in [0.5, 0.6) is 0 Å². The molecule has 2 heterocycles. The van der Waals surface area contributed by atoms with Crippen molar-refractivity contribution in [2.75, 3.05) is 11.4 Å². The Morgan fingerprint density at radius 1 is 0.763 bits per heavy atom. The number of benzene rings is 3. The third kappa shape index (κ3) is 3.90. The first-order chi connectivity index (χ1) is 18.3. The number of Topliss-reactive ketones (excluding diaryl/α,β-unsaturated/α-hetero) is 1. The highest BCUT2D eigenvalue weighted by Crippen LogP contribution is 2.52. The van der Waals surface area contributed by atoms with Crippen LogP contribution in [0.25, 0.3) is 0 Å². The smallest absolute Gasteiger partial charge is 0.243 e. The number of nitrogens with zero attached hydrogens (tertiary/aromatic N) is 2. The minimum atomic E-state index is -3.93. The molecule has 2 aliphatic heterocycles. The van der Waals surface area contributed by atoms with Crippen molar-refractivity contribution in [1.82, 2.24) is 4.31 Å². The van der Waals surface area contributed by atoms with Crippen LogP contribution in [0.15, 0.2) is 89.8 Å². The number of piperidine rings is 1. The second kappa shape index (κ2) is 9.29. The summed E-state index contributed by atoms with van der Waals surface area (Å²) in [6.45, 7) is 1.87. The predicted molar refractivity (Wildman–Crippen MR) is 141 cm³/mol. The molecule has 3 aromatic carbocycles. The number of hydrogen-bond donors (Lipinski definition) is 0. The van der Waals surface area contributed by atoms with Crippen molar-refractivity contribution in [1.29, 1.82) is 0 Å². The van der Waals surface area contributed by atoms with E-state index in [9.17, 15) is 22.8 Å². The van der Waals surface area contributed by atoms with Crippen LogP contribution in [0.4, 0.5) is 5.69 Å². The Balaban J connectivity index is 1.41. The van der Waals surface area contributed by atoms with Gasteiger partial charge in [0.2, 0.25) is 21.8 Å². The molecule has 38 heavy (non-hydrogen) atoms. The molecule has 3 aromatic rings. The summed E-state index contributed by atoms with van der Waals surface area (Å²) >= 11 is 0. The maximum Gasteiger partial charge on any atom is 0.243 e. The second-order valence-corrected chi connectivity index (χ2v) is 12.4. The summed E-state index contributed by atoms with van der Waals surface area (Å²) in [4.78, 5) is 42.0. The first-order valence-electron chi connectivity index (χ1n) is 12.9. The van der Waals surface area contributed by atoms with Gasteiger partial charge in [-0.05, 0) is 49.1 Å². The van der Waals surface area contributed by atoms with Crippen molar-refractivity contribution in [3.63, 3.8) is 0 Å². The van der Waals surface area contributed by atoms with E-state index in [1.807, 2.05) is 43.3 Å². The Kier molecular flexibility index (Phi) is 6.04. The topological polar surface area (TPSA) is 91.8 Å². The SMILES string of the molecule is Cc1ccc(S(=O)(=O)N2C[C@H]3C(=O)C[C@@H]4C(=O)N(c5ccccc5)C(=O)[C@@H]4[C@@H]3C[C@@H]2c2ccccc2)cc1. The third-order valence-electron chi connectivity index (χ3n) is 8.34. The molecule has 0 radical (unpaired) electrons. The number of fused-ring (bicyclic) bond motifs is 3. The molecule has 8 heteroatoms. The number of para-hydroxylation sites is 1. The fourth-order valence-electron chi connectivity index (χ4n) is 6.47. The lowest BCUT2D eigenvalue weighted by molar-refractivity contribution is -0.140. The summed E-state index contributed by atoms with van der Waals surface area (Å²) in [6, 6.07) is 24.3. The van der Waals surface area contributed by atoms with E-state index in [4.69, 9.17) is 0 Å². The van der Waals surface area contributed by atoms with Crippen molar-refractivity contribution < 1.29 is 22.8 Å². The van der Waals surface area contributed by atoms with E-state index < -0.39 is 39.7 Å². The molecule has 3 fully saturated rings. The number of sulfonamides is 1. The molecule has 0 bridgehead atoms. The number of amides is 2. The molecule has 3 aliphatic rings. The van der Waals surface area contributed by atoms with E-state index in [-0.39, 0.29) is 41.9 Å². The van der Waals surface area contributed by atoms with Crippen LogP contribution >= 0.6 is 0 Å². The molecule has 1 aliphatic carbocycles. The molecule has 0 spiro atoms. The lowest BCUT2D eigenvalue weighted by Gasteiger charge is -2.47. The van der Waals surface area contributed by atoms with Gasteiger partial charge in [-0.25, -0.2) is 8.42 Å². The van der Waals surface area contributed by atoms with Gasteiger partial charge in [0, 0.05) is 18.9 Å². The van der Waals surface area contributed by atoms with Crippen molar-refractivity contribution in [3.05, 3.63) is 96.1 Å². The fraction of sp³-hybridized carbons (Fsp3) is 0.300. The van der Waals surface area contributed by atoms with E-state index in [0.29, 0.717) is 5.69 Å². The Morgan fingerprint density at radius 3 is 2.05 bits per heavy atom. The molecule has 0 unspecified atom stereocenters. The van der Waals surface area contributed by atoms with E-state index in [1.165, 1.54) is 9.21 Å². The van der Waals surface area contributed by atoms with Gasteiger partial charge in [-0.3, -0.25) is 19.3 Å². The summed E-state index contributed by atoms with van der Waals surface area (Å²) in [5, 5.41) is 0. The van der Waals surface area contributed by atoms with Crippen LogP contribution < -0.4 is 4.90 Å². The highest BCUT2D eigenvalue weighted by atomic mass is 32.2. The largest absolute Gasteiger partial charge is 0.299 e. The van der Waals surface area contributed by atoms with Gasteiger partial charge in [0.25, 0.3) is 0 Å². The summed E-state index contributed by atoms with van der Waals surface area (Å²) in [6.07, 6.45) is 0.239. The fourth-order valence-corrected chi connectivity index (χ4v) is 8.12. The number of ketones is 1. The van der Waals surface area contributed by atoms with E-state index in [1.54, 1.807) is 48.5 Å². The number of carbonyl (C=O) groups is 3. The lowest BCUT2D eigenvalue weighted by Crippen LogP contribution is -2.54.